The third-order valence-corrected chi connectivity index (χ3v) is 2.67. The van der Waals surface area contributed by atoms with Gasteiger partial charge in [-0.25, -0.2) is 4.39 Å². The van der Waals surface area contributed by atoms with Crippen LogP contribution < -0.4 is 0 Å². The summed E-state index contributed by atoms with van der Waals surface area (Å²) in [6.45, 7) is 0. The van der Waals surface area contributed by atoms with Crippen molar-refractivity contribution in [1.82, 2.24) is 0 Å². The molecular formula is C6H6Br2ClF3. The van der Waals surface area contributed by atoms with Gasteiger partial charge in [-0.05, 0) is 15.9 Å². The van der Waals surface area contributed by atoms with Gasteiger partial charge in [-0.3, -0.25) is 0 Å². The summed E-state index contributed by atoms with van der Waals surface area (Å²) in [5.41, 5.74) is 0. The van der Waals surface area contributed by atoms with Crippen molar-refractivity contribution in [2.24, 2.45) is 0 Å². The maximum Gasteiger partial charge on any atom is 0.348 e. The average Bonchev–Trinajstić information content (AvgIpc) is 1.85. The van der Waals surface area contributed by atoms with Crippen molar-refractivity contribution < 1.29 is 13.2 Å². The van der Waals surface area contributed by atoms with Crippen molar-refractivity contribution in [3.05, 3.63) is 12.2 Å². The molecule has 0 amide bonds. The first-order valence-electron chi connectivity index (χ1n) is 2.97. The molecule has 0 aliphatic rings. The van der Waals surface area contributed by atoms with Crippen molar-refractivity contribution in [3.63, 3.8) is 0 Å². The number of hydrogen-bond donors (Lipinski definition) is 0. The highest BCUT2D eigenvalue weighted by atomic mass is 79.9. The van der Waals surface area contributed by atoms with E-state index in [0.29, 0.717) is 5.33 Å². The zero-order chi connectivity index (χ0) is 9.83. The van der Waals surface area contributed by atoms with E-state index in [0.717, 1.165) is 0 Å². The number of halogens is 6. The highest BCUT2D eigenvalue weighted by Gasteiger charge is 2.50. The minimum absolute atomic E-state index is 0.480. The first kappa shape index (κ1) is 12.8. The van der Waals surface area contributed by atoms with Crippen LogP contribution in [0.15, 0.2) is 12.2 Å². The summed E-state index contributed by atoms with van der Waals surface area (Å²) in [6.07, 6.45) is 2.20. The van der Waals surface area contributed by atoms with E-state index < -0.39 is 16.4 Å². The van der Waals surface area contributed by atoms with E-state index in [1.807, 2.05) is 15.9 Å². The summed E-state index contributed by atoms with van der Waals surface area (Å²) < 4.78 is 37.4. The maximum absolute atomic E-state index is 12.8. The Hall–Kier alpha value is 0.780. The fraction of sp³-hybridized carbons (Fsp3) is 0.667. The van der Waals surface area contributed by atoms with Gasteiger partial charge in [0.15, 0.2) is 0 Å². The van der Waals surface area contributed by atoms with Crippen LogP contribution in [0.2, 0.25) is 0 Å². The SMILES string of the molecule is FC(F)(Br)C(F)(Cl)CC=CCBr. The van der Waals surface area contributed by atoms with Gasteiger partial charge in [-0.1, -0.05) is 39.7 Å². The van der Waals surface area contributed by atoms with E-state index in [4.69, 9.17) is 11.6 Å². The van der Waals surface area contributed by atoms with Crippen molar-refractivity contribution in [1.29, 1.82) is 0 Å². The molecule has 0 aliphatic heterocycles. The molecule has 0 saturated carbocycles. The Morgan fingerprint density at radius 2 is 1.75 bits per heavy atom. The molecule has 0 saturated heterocycles. The highest BCUT2D eigenvalue weighted by Crippen LogP contribution is 2.43. The predicted molar refractivity (Wildman–Crippen MR) is 51.1 cm³/mol. The van der Waals surface area contributed by atoms with Crippen LogP contribution in [0.3, 0.4) is 0 Å². The second-order valence-corrected chi connectivity index (χ2v) is 4.27. The van der Waals surface area contributed by atoms with Gasteiger partial charge in [0.1, 0.15) is 0 Å². The number of rotatable bonds is 4. The minimum Gasteiger partial charge on any atom is -0.218 e. The van der Waals surface area contributed by atoms with Crippen LogP contribution in [0.25, 0.3) is 0 Å². The highest BCUT2D eigenvalue weighted by molar-refractivity contribution is 9.10. The number of alkyl halides is 6. The Morgan fingerprint density at radius 1 is 1.25 bits per heavy atom. The molecule has 6 heteroatoms. The van der Waals surface area contributed by atoms with E-state index in [-0.39, 0.29) is 0 Å². The molecule has 0 N–H and O–H groups in total. The van der Waals surface area contributed by atoms with Crippen molar-refractivity contribution in [2.75, 3.05) is 5.33 Å². The van der Waals surface area contributed by atoms with Crippen LogP contribution in [0.5, 0.6) is 0 Å². The number of allylic oxidation sites excluding steroid dienone is 2. The van der Waals surface area contributed by atoms with Crippen LogP contribution in [-0.4, -0.2) is 15.3 Å². The van der Waals surface area contributed by atoms with Gasteiger partial charge < -0.3 is 0 Å². The monoisotopic (exact) mass is 328 g/mol. The molecule has 0 aliphatic carbocycles. The van der Waals surface area contributed by atoms with Crippen molar-refractivity contribution in [3.8, 4) is 0 Å². The molecule has 0 fully saturated rings. The van der Waals surface area contributed by atoms with Gasteiger partial charge in [-0.15, -0.1) is 0 Å². The van der Waals surface area contributed by atoms with Crippen molar-refractivity contribution >= 4 is 43.5 Å². The second kappa shape index (κ2) is 4.86. The molecule has 72 valence electrons. The second-order valence-electron chi connectivity index (χ2n) is 2.03. The molecule has 0 radical (unpaired) electrons. The van der Waals surface area contributed by atoms with Gasteiger partial charge in [-0.2, -0.15) is 8.78 Å². The van der Waals surface area contributed by atoms with Crippen LogP contribution in [0.4, 0.5) is 13.2 Å². The van der Waals surface area contributed by atoms with E-state index in [9.17, 15) is 13.2 Å². The topological polar surface area (TPSA) is 0 Å². The fourth-order valence-electron chi connectivity index (χ4n) is 0.410. The predicted octanol–water partition coefficient (Wildman–Crippen LogP) is 4.22. The first-order chi connectivity index (χ1) is 5.31. The zero-order valence-corrected chi connectivity index (χ0v) is 9.76. The largest absolute Gasteiger partial charge is 0.348 e. The third-order valence-electron chi connectivity index (χ3n) is 1.04. The Kier molecular flexibility index (Phi) is 5.18. The standard InChI is InChI=1S/C6H6Br2ClF3/c7-4-2-1-3-5(9,10)6(8,11)12/h1-2H,3-4H2. The Bertz CT molecular complexity index is 165. The Balaban J connectivity index is 4.14. The molecule has 0 heterocycles. The molecule has 1 unspecified atom stereocenters. The van der Waals surface area contributed by atoms with Crippen LogP contribution in [0.1, 0.15) is 6.42 Å². The average molecular weight is 330 g/mol. The molecule has 0 rings (SSSR count). The fourth-order valence-corrected chi connectivity index (χ4v) is 0.925. The molecule has 0 bridgehead atoms. The summed E-state index contributed by atoms with van der Waals surface area (Å²) in [7, 11) is 0. The Labute approximate surface area is 90.4 Å². The lowest BCUT2D eigenvalue weighted by Gasteiger charge is -2.21. The molecule has 0 spiro atoms. The minimum atomic E-state index is -3.71. The van der Waals surface area contributed by atoms with E-state index >= 15 is 0 Å². The van der Waals surface area contributed by atoms with Crippen molar-refractivity contribution in [2.45, 2.75) is 16.4 Å². The summed E-state index contributed by atoms with van der Waals surface area (Å²) in [5, 5.41) is -2.58. The van der Waals surface area contributed by atoms with Gasteiger partial charge in [0.25, 0.3) is 5.13 Å². The quantitative estimate of drug-likeness (QED) is 0.535. The van der Waals surface area contributed by atoms with Gasteiger partial charge in [0.05, 0.1) is 0 Å². The lowest BCUT2D eigenvalue weighted by atomic mass is 10.2. The van der Waals surface area contributed by atoms with E-state index in [1.54, 1.807) is 0 Å². The smallest absolute Gasteiger partial charge is 0.218 e. The van der Waals surface area contributed by atoms with E-state index in [2.05, 4.69) is 15.9 Å². The molecule has 0 aromatic rings. The van der Waals surface area contributed by atoms with Gasteiger partial charge >= 0.3 is 4.83 Å². The maximum atomic E-state index is 12.8. The Morgan fingerprint density at radius 3 is 2.08 bits per heavy atom. The summed E-state index contributed by atoms with van der Waals surface area (Å²) >= 11 is 9.80. The normalized spacial score (nSPS) is 18.2. The van der Waals surface area contributed by atoms with Crippen LogP contribution in [-0.2, 0) is 0 Å². The molecule has 1 atom stereocenters. The molecule has 12 heavy (non-hydrogen) atoms. The van der Waals surface area contributed by atoms with E-state index in [1.165, 1.54) is 12.2 Å². The summed E-state index contributed by atoms with van der Waals surface area (Å²) in [4.78, 5) is -3.71. The van der Waals surface area contributed by atoms with Crippen LogP contribution in [0, 0.1) is 0 Å². The summed E-state index contributed by atoms with van der Waals surface area (Å²) in [6, 6.07) is 0. The number of hydrogen-bond acceptors (Lipinski definition) is 0. The molecular weight excluding hydrogens is 324 g/mol. The lowest BCUT2D eigenvalue weighted by molar-refractivity contribution is -0.00312. The molecule has 0 nitrogen and oxygen atoms in total. The zero-order valence-electron chi connectivity index (χ0n) is 5.84. The first-order valence-corrected chi connectivity index (χ1v) is 5.26. The molecule has 0 aromatic heterocycles. The lowest BCUT2D eigenvalue weighted by Crippen LogP contribution is -2.32. The van der Waals surface area contributed by atoms with Gasteiger partial charge in [0, 0.05) is 11.8 Å². The summed E-state index contributed by atoms with van der Waals surface area (Å²) in [5.74, 6) is 0. The van der Waals surface area contributed by atoms with Gasteiger partial charge in [0.2, 0.25) is 0 Å². The third kappa shape index (κ3) is 4.14. The van der Waals surface area contributed by atoms with Crippen LogP contribution >= 0.6 is 43.5 Å². The molecule has 0 aromatic carbocycles.